The van der Waals surface area contributed by atoms with Crippen LogP contribution in [0.15, 0.2) is 0 Å². The van der Waals surface area contributed by atoms with Gasteiger partial charge in [-0.05, 0) is 38.9 Å². The van der Waals surface area contributed by atoms with Crippen molar-refractivity contribution in [2.24, 2.45) is 11.8 Å². The molecule has 0 aromatic carbocycles. The van der Waals surface area contributed by atoms with Gasteiger partial charge in [-0.15, -0.1) is 24.8 Å². The smallest absolute Gasteiger partial charge is 0.220 e. The van der Waals surface area contributed by atoms with Crippen LogP contribution in [0.2, 0.25) is 0 Å². The first-order valence-corrected chi connectivity index (χ1v) is 7.47. The third-order valence-corrected chi connectivity index (χ3v) is 4.06. The first-order valence-electron chi connectivity index (χ1n) is 7.47. The van der Waals surface area contributed by atoms with Crippen LogP contribution in [-0.2, 0) is 9.53 Å². The van der Waals surface area contributed by atoms with Crippen molar-refractivity contribution in [1.29, 1.82) is 0 Å². The molecule has 21 heavy (non-hydrogen) atoms. The number of piperidine rings is 1. The zero-order chi connectivity index (χ0) is 13.5. The maximum Gasteiger partial charge on any atom is 0.220 e. The summed E-state index contributed by atoms with van der Waals surface area (Å²) in [5.41, 5.74) is 0. The van der Waals surface area contributed by atoms with Gasteiger partial charge in [0.05, 0.1) is 13.2 Å². The van der Waals surface area contributed by atoms with E-state index in [-0.39, 0.29) is 30.7 Å². The lowest BCUT2D eigenvalue weighted by Crippen LogP contribution is -2.37. The minimum atomic E-state index is 0. The molecule has 2 rings (SSSR count). The Morgan fingerprint density at radius 1 is 1.29 bits per heavy atom. The molecule has 2 aliphatic rings. The molecule has 1 atom stereocenters. The number of likely N-dealkylation sites (N-methyl/N-ethyl adjacent to an activating group) is 1. The van der Waals surface area contributed by atoms with Crippen molar-refractivity contribution in [3.05, 3.63) is 0 Å². The molecule has 0 aliphatic carbocycles. The standard InChI is InChI=1S/C14H27N3O2.2ClH/c1-17-6-7-19-11-13(10-17)9-16-14(18)8-12-2-4-15-5-3-12;;/h12-13,15H,2-11H2,1H3,(H,16,18);2*1H. The van der Waals surface area contributed by atoms with Gasteiger partial charge >= 0.3 is 0 Å². The summed E-state index contributed by atoms with van der Waals surface area (Å²) in [5.74, 6) is 1.19. The van der Waals surface area contributed by atoms with E-state index < -0.39 is 0 Å². The van der Waals surface area contributed by atoms with Gasteiger partial charge in [0.15, 0.2) is 0 Å². The molecule has 2 heterocycles. The quantitative estimate of drug-likeness (QED) is 0.798. The maximum absolute atomic E-state index is 11.9. The van der Waals surface area contributed by atoms with E-state index in [0.29, 0.717) is 18.3 Å². The Morgan fingerprint density at radius 2 is 2.00 bits per heavy atom. The van der Waals surface area contributed by atoms with Gasteiger partial charge in [0.2, 0.25) is 5.91 Å². The number of carbonyl (C=O) groups is 1. The molecule has 2 N–H and O–H groups in total. The van der Waals surface area contributed by atoms with Crippen LogP contribution in [-0.4, -0.2) is 63.8 Å². The Kier molecular flexibility index (Phi) is 11.5. The highest BCUT2D eigenvalue weighted by atomic mass is 35.5. The Hall–Kier alpha value is -0.0700. The molecule has 0 spiro atoms. The predicted molar refractivity (Wildman–Crippen MR) is 89.5 cm³/mol. The molecule has 0 saturated carbocycles. The van der Waals surface area contributed by atoms with Gasteiger partial charge in [-0.2, -0.15) is 0 Å². The number of halogens is 2. The number of carbonyl (C=O) groups excluding carboxylic acids is 1. The molecule has 0 radical (unpaired) electrons. The van der Waals surface area contributed by atoms with Crippen LogP contribution in [0.3, 0.4) is 0 Å². The van der Waals surface area contributed by atoms with Crippen LogP contribution < -0.4 is 10.6 Å². The molecule has 2 fully saturated rings. The van der Waals surface area contributed by atoms with Crippen molar-refractivity contribution in [3.63, 3.8) is 0 Å². The van der Waals surface area contributed by atoms with Gasteiger partial charge in [-0.1, -0.05) is 0 Å². The normalized spacial score (nSPS) is 24.3. The fourth-order valence-corrected chi connectivity index (χ4v) is 2.86. The highest BCUT2D eigenvalue weighted by Gasteiger charge is 2.19. The highest BCUT2D eigenvalue weighted by molar-refractivity contribution is 5.85. The molecular formula is C14H29Cl2N3O2. The van der Waals surface area contributed by atoms with E-state index in [1.165, 1.54) is 0 Å². The van der Waals surface area contributed by atoms with Crippen LogP contribution in [0.5, 0.6) is 0 Å². The zero-order valence-corrected chi connectivity index (χ0v) is 14.4. The van der Waals surface area contributed by atoms with Gasteiger partial charge in [-0.25, -0.2) is 0 Å². The number of amides is 1. The summed E-state index contributed by atoms with van der Waals surface area (Å²) in [6, 6.07) is 0. The second kappa shape index (κ2) is 11.5. The topological polar surface area (TPSA) is 53.6 Å². The molecule has 7 heteroatoms. The van der Waals surface area contributed by atoms with Gasteiger partial charge in [-0.3, -0.25) is 4.79 Å². The van der Waals surface area contributed by atoms with Gasteiger partial charge in [0.1, 0.15) is 0 Å². The first kappa shape index (κ1) is 20.9. The third-order valence-electron chi connectivity index (χ3n) is 4.06. The third kappa shape index (κ3) is 8.21. The Balaban J connectivity index is 0.00000200. The summed E-state index contributed by atoms with van der Waals surface area (Å²) in [4.78, 5) is 14.2. The van der Waals surface area contributed by atoms with E-state index >= 15 is 0 Å². The summed E-state index contributed by atoms with van der Waals surface area (Å²) in [6.07, 6.45) is 2.94. The largest absolute Gasteiger partial charge is 0.380 e. The van der Waals surface area contributed by atoms with E-state index in [0.717, 1.165) is 58.8 Å². The van der Waals surface area contributed by atoms with E-state index in [9.17, 15) is 4.79 Å². The zero-order valence-electron chi connectivity index (χ0n) is 12.8. The second-order valence-corrected chi connectivity index (χ2v) is 5.90. The Labute approximate surface area is 140 Å². The lowest BCUT2D eigenvalue weighted by atomic mass is 9.94. The van der Waals surface area contributed by atoms with E-state index in [1.54, 1.807) is 0 Å². The van der Waals surface area contributed by atoms with E-state index in [2.05, 4.69) is 22.6 Å². The minimum Gasteiger partial charge on any atom is -0.380 e. The summed E-state index contributed by atoms with van der Waals surface area (Å²) >= 11 is 0. The minimum absolute atomic E-state index is 0. The van der Waals surface area contributed by atoms with Gasteiger partial charge in [0, 0.05) is 32.0 Å². The SMILES string of the molecule is CN1CCOCC(CNC(=O)CC2CCNCC2)C1.Cl.Cl. The highest BCUT2D eigenvalue weighted by Crippen LogP contribution is 2.15. The number of ether oxygens (including phenoxy) is 1. The van der Waals surface area contributed by atoms with Crippen molar-refractivity contribution in [1.82, 2.24) is 15.5 Å². The molecule has 2 saturated heterocycles. The maximum atomic E-state index is 11.9. The second-order valence-electron chi connectivity index (χ2n) is 5.90. The summed E-state index contributed by atoms with van der Waals surface area (Å²) in [5, 5.41) is 6.41. The first-order chi connectivity index (χ1) is 9.24. The summed E-state index contributed by atoms with van der Waals surface area (Å²) in [6.45, 7) is 6.41. The fraction of sp³-hybridized carbons (Fsp3) is 0.929. The average molecular weight is 342 g/mol. The van der Waals surface area contributed by atoms with Crippen LogP contribution in [0, 0.1) is 11.8 Å². The summed E-state index contributed by atoms with van der Waals surface area (Å²) in [7, 11) is 2.11. The molecule has 0 aromatic rings. The molecule has 0 bridgehead atoms. The number of hydrogen-bond acceptors (Lipinski definition) is 4. The van der Waals surface area contributed by atoms with E-state index in [1.807, 2.05) is 0 Å². The van der Waals surface area contributed by atoms with Crippen molar-refractivity contribution < 1.29 is 9.53 Å². The molecule has 5 nitrogen and oxygen atoms in total. The molecule has 1 amide bonds. The van der Waals surface area contributed by atoms with Crippen molar-refractivity contribution in [2.75, 3.05) is 53.0 Å². The molecule has 1 unspecified atom stereocenters. The van der Waals surface area contributed by atoms with Crippen LogP contribution in [0.1, 0.15) is 19.3 Å². The number of hydrogen-bond donors (Lipinski definition) is 2. The van der Waals surface area contributed by atoms with Crippen LogP contribution >= 0.6 is 24.8 Å². The summed E-state index contributed by atoms with van der Waals surface area (Å²) < 4.78 is 5.56. The fourth-order valence-electron chi connectivity index (χ4n) is 2.86. The van der Waals surface area contributed by atoms with E-state index in [4.69, 9.17) is 4.74 Å². The molecular weight excluding hydrogens is 313 g/mol. The average Bonchev–Trinajstić information content (AvgIpc) is 2.62. The van der Waals surface area contributed by atoms with Gasteiger partial charge in [0.25, 0.3) is 0 Å². The van der Waals surface area contributed by atoms with Crippen molar-refractivity contribution in [3.8, 4) is 0 Å². The lowest BCUT2D eigenvalue weighted by molar-refractivity contribution is -0.122. The van der Waals surface area contributed by atoms with Crippen LogP contribution in [0.4, 0.5) is 0 Å². The van der Waals surface area contributed by atoms with Gasteiger partial charge < -0.3 is 20.3 Å². The number of nitrogens with one attached hydrogen (secondary N) is 2. The van der Waals surface area contributed by atoms with Crippen molar-refractivity contribution >= 4 is 30.7 Å². The monoisotopic (exact) mass is 341 g/mol. The Morgan fingerprint density at radius 3 is 2.71 bits per heavy atom. The molecule has 0 aromatic heterocycles. The molecule has 2 aliphatic heterocycles. The molecule has 126 valence electrons. The van der Waals surface area contributed by atoms with Crippen molar-refractivity contribution in [2.45, 2.75) is 19.3 Å². The predicted octanol–water partition coefficient (Wildman–Crippen LogP) is 0.914. The number of nitrogens with zero attached hydrogens (tertiary/aromatic N) is 1. The Bertz CT molecular complexity index is 289. The van der Waals surface area contributed by atoms with Crippen LogP contribution in [0.25, 0.3) is 0 Å². The lowest BCUT2D eigenvalue weighted by Gasteiger charge is -2.23. The number of rotatable bonds is 4.